The predicted octanol–water partition coefficient (Wildman–Crippen LogP) is 3.69. The van der Waals surface area contributed by atoms with E-state index < -0.39 is 10.8 Å². The van der Waals surface area contributed by atoms with Crippen LogP contribution >= 0.6 is 11.8 Å². The molecular weight excluding hydrogens is 398 g/mol. The van der Waals surface area contributed by atoms with Crippen molar-refractivity contribution in [2.75, 3.05) is 5.32 Å². The lowest BCUT2D eigenvalue weighted by atomic mass is 10.1. The predicted molar refractivity (Wildman–Crippen MR) is 115 cm³/mol. The minimum absolute atomic E-state index is 0.0778. The summed E-state index contributed by atoms with van der Waals surface area (Å²) in [6.07, 6.45) is 0.468. The number of hydrogen-bond donors (Lipinski definition) is 2. The summed E-state index contributed by atoms with van der Waals surface area (Å²) >= 11 is 1.10. The van der Waals surface area contributed by atoms with Crippen molar-refractivity contribution >= 4 is 23.4 Å². The molecule has 8 heteroatoms. The molecule has 0 aliphatic rings. The molecule has 0 bridgehead atoms. The monoisotopic (exact) mass is 415 g/mol. The van der Waals surface area contributed by atoms with Gasteiger partial charge in [0.15, 0.2) is 5.16 Å². The third-order valence-corrected chi connectivity index (χ3v) is 5.53. The lowest BCUT2D eigenvalue weighted by Crippen LogP contribution is -2.26. The molecule has 1 amide bonds. The van der Waals surface area contributed by atoms with Crippen LogP contribution in [-0.4, -0.2) is 21.1 Å². The van der Waals surface area contributed by atoms with Crippen molar-refractivity contribution < 1.29 is 4.79 Å². The van der Waals surface area contributed by atoms with E-state index in [1.54, 1.807) is 48.5 Å². The zero-order valence-electron chi connectivity index (χ0n) is 16.0. The van der Waals surface area contributed by atoms with E-state index >= 15 is 0 Å². The normalized spacial score (nSPS) is 11.2. The van der Waals surface area contributed by atoms with E-state index in [9.17, 15) is 20.1 Å². The minimum atomic E-state index is -0.559. The molecule has 0 spiro atoms. The van der Waals surface area contributed by atoms with Crippen LogP contribution in [0.1, 0.15) is 24.5 Å². The van der Waals surface area contributed by atoms with Crippen molar-refractivity contribution in [2.24, 2.45) is 0 Å². The average Bonchev–Trinajstić information content (AvgIpc) is 2.78. The number of para-hydroxylation sites is 1. The minimum Gasteiger partial charge on any atom is -0.324 e. The molecule has 0 saturated heterocycles. The maximum Gasteiger partial charge on any atom is 0.270 e. The summed E-state index contributed by atoms with van der Waals surface area (Å²) in [7, 11) is 0. The topological polar surface area (TPSA) is 122 Å². The molecule has 3 rings (SSSR count). The molecule has 0 radical (unpaired) electrons. The highest BCUT2D eigenvalue weighted by molar-refractivity contribution is 8.00. The second-order valence-corrected chi connectivity index (χ2v) is 7.43. The number of carbonyl (C=O) groups excluding carboxylic acids is 1. The van der Waals surface area contributed by atoms with Crippen LogP contribution in [0.4, 0.5) is 5.69 Å². The van der Waals surface area contributed by atoms with Gasteiger partial charge in [-0.05, 0) is 18.6 Å². The first-order valence-corrected chi connectivity index (χ1v) is 10.0. The lowest BCUT2D eigenvalue weighted by molar-refractivity contribution is -0.115. The molecule has 1 atom stereocenters. The van der Waals surface area contributed by atoms with Gasteiger partial charge >= 0.3 is 0 Å². The van der Waals surface area contributed by atoms with Crippen molar-refractivity contribution in [1.82, 2.24) is 9.97 Å². The van der Waals surface area contributed by atoms with E-state index in [0.29, 0.717) is 23.2 Å². The second-order valence-electron chi connectivity index (χ2n) is 6.23. The first kappa shape index (κ1) is 20.8. The number of hydrogen-bond acceptors (Lipinski definition) is 6. The Hall–Kier alpha value is -3.88. The highest BCUT2D eigenvalue weighted by Gasteiger charge is 2.22. The van der Waals surface area contributed by atoms with Crippen LogP contribution in [0.15, 0.2) is 64.5 Å². The third kappa shape index (κ3) is 4.57. The van der Waals surface area contributed by atoms with E-state index in [1.807, 2.05) is 25.1 Å². The summed E-state index contributed by atoms with van der Waals surface area (Å²) in [4.78, 5) is 32.2. The number of benzene rings is 2. The van der Waals surface area contributed by atoms with E-state index in [2.05, 4.69) is 15.3 Å². The van der Waals surface area contributed by atoms with E-state index in [4.69, 9.17) is 0 Å². The van der Waals surface area contributed by atoms with E-state index in [-0.39, 0.29) is 22.3 Å². The van der Waals surface area contributed by atoms with Crippen molar-refractivity contribution in [3.8, 4) is 23.4 Å². The van der Waals surface area contributed by atoms with Crippen molar-refractivity contribution in [3.63, 3.8) is 0 Å². The van der Waals surface area contributed by atoms with Crippen molar-refractivity contribution in [3.05, 3.63) is 76.1 Å². The van der Waals surface area contributed by atoms with Gasteiger partial charge in [-0.15, -0.1) is 0 Å². The van der Waals surface area contributed by atoms with Crippen LogP contribution in [0.3, 0.4) is 0 Å². The molecular formula is C22H17N5O2S. The number of amides is 1. The lowest BCUT2D eigenvalue weighted by Gasteiger charge is -2.15. The van der Waals surface area contributed by atoms with Gasteiger partial charge < -0.3 is 10.3 Å². The Morgan fingerprint density at radius 1 is 1.13 bits per heavy atom. The molecule has 2 N–H and O–H groups in total. The number of aromatic amines is 1. The Morgan fingerprint density at radius 3 is 2.50 bits per heavy atom. The van der Waals surface area contributed by atoms with Gasteiger partial charge in [-0.1, -0.05) is 61.2 Å². The molecule has 1 unspecified atom stereocenters. The maximum absolute atomic E-state index is 12.8. The summed E-state index contributed by atoms with van der Waals surface area (Å²) in [5.41, 5.74) is 1.07. The van der Waals surface area contributed by atoms with Crippen molar-refractivity contribution in [2.45, 2.75) is 23.8 Å². The Bertz CT molecular complexity index is 1210. The molecule has 7 nitrogen and oxygen atoms in total. The molecule has 3 aromatic rings. The second kappa shape index (κ2) is 9.55. The van der Waals surface area contributed by atoms with Crippen LogP contribution < -0.4 is 10.9 Å². The van der Waals surface area contributed by atoms with E-state index in [1.165, 1.54) is 0 Å². The Balaban J connectivity index is 1.90. The fourth-order valence-corrected chi connectivity index (χ4v) is 3.67. The van der Waals surface area contributed by atoms with Gasteiger partial charge in [-0.3, -0.25) is 9.59 Å². The molecule has 148 valence electrons. The first-order chi connectivity index (χ1) is 14.6. The number of thioether (sulfide) groups is 1. The summed E-state index contributed by atoms with van der Waals surface area (Å²) in [5.74, 6) is -0.307. The fourth-order valence-electron chi connectivity index (χ4n) is 2.78. The molecule has 0 aliphatic heterocycles. The summed E-state index contributed by atoms with van der Waals surface area (Å²) in [6, 6.07) is 19.6. The molecule has 1 heterocycles. The fraction of sp³-hybridized carbons (Fsp3) is 0.136. The van der Waals surface area contributed by atoms with Gasteiger partial charge in [0.05, 0.1) is 22.2 Å². The summed E-state index contributed by atoms with van der Waals surface area (Å²) in [5, 5.41) is 21.0. The van der Waals surface area contributed by atoms with Gasteiger partial charge in [0.25, 0.3) is 5.56 Å². The number of carbonyl (C=O) groups is 1. The number of nitrogens with zero attached hydrogens (tertiary/aromatic N) is 3. The number of nitrogens with one attached hydrogen (secondary N) is 2. The zero-order chi connectivity index (χ0) is 21.5. The molecule has 1 aromatic heterocycles. The average molecular weight is 415 g/mol. The summed E-state index contributed by atoms with van der Waals surface area (Å²) < 4.78 is 0. The van der Waals surface area contributed by atoms with Gasteiger partial charge in [-0.2, -0.15) is 10.5 Å². The highest BCUT2D eigenvalue weighted by atomic mass is 32.2. The van der Waals surface area contributed by atoms with Crippen molar-refractivity contribution in [1.29, 1.82) is 10.5 Å². The first-order valence-electron chi connectivity index (χ1n) is 9.13. The number of rotatable bonds is 6. The van der Waals surface area contributed by atoms with Gasteiger partial charge in [-0.25, -0.2) is 4.98 Å². The zero-order valence-corrected chi connectivity index (χ0v) is 16.9. The third-order valence-electron chi connectivity index (χ3n) is 4.28. The molecule has 0 aliphatic carbocycles. The number of aromatic nitrogens is 2. The summed E-state index contributed by atoms with van der Waals surface area (Å²) in [6.45, 7) is 1.84. The van der Waals surface area contributed by atoms with Gasteiger partial charge in [0.2, 0.25) is 5.91 Å². The van der Waals surface area contributed by atoms with Gasteiger partial charge in [0.1, 0.15) is 17.7 Å². The Kier molecular flexibility index (Phi) is 6.63. The van der Waals surface area contributed by atoms with Crippen LogP contribution in [-0.2, 0) is 4.79 Å². The quantitative estimate of drug-likeness (QED) is 0.468. The Morgan fingerprint density at radius 2 is 1.83 bits per heavy atom. The smallest absolute Gasteiger partial charge is 0.270 e. The highest BCUT2D eigenvalue weighted by Crippen LogP contribution is 2.27. The molecule has 2 aromatic carbocycles. The van der Waals surface area contributed by atoms with Crippen LogP contribution in [0.5, 0.6) is 0 Å². The van der Waals surface area contributed by atoms with Crippen LogP contribution in [0, 0.1) is 22.7 Å². The standard InChI is InChI=1S/C22H17N5O2S/c1-2-18(21(29)25-17-11-7-6-10-15(17)12-23)30-22-26-19(14-8-4-3-5-9-14)16(13-24)20(28)27-22/h3-11,18H,2H2,1H3,(H,25,29)(H,26,27,28). The van der Waals surface area contributed by atoms with Crippen LogP contribution in [0.2, 0.25) is 0 Å². The maximum atomic E-state index is 12.8. The molecule has 30 heavy (non-hydrogen) atoms. The van der Waals surface area contributed by atoms with Gasteiger partial charge in [0, 0.05) is 5.56 Å². The number of nitriles is 2. The van der Waals surface area contributed by atoms with E-state index in [0.717, 1.165) is 11.8 Å². The van der Waals surface area contributed by atoms with Crippen LogP contribution in [0.25, 0.3) is 11.3 Å². The largest absolute Gasteiger partial charge is 0.324 e. The number of anilines is 1. The Labute approximate surface area is 177 Å². The molecule has 0 fully saturated rings. The SMILES string of the molecule is CCC(Sc1nc(-c2ccccc2)c(C#N)c(=O)[nH]1)C(=O)Nc1ccccc1C#N. The molecule has 0 saturated carbocycles. The number of H-pyrrole nitrogens is 1.